The largest absolute Gasteiger partial charge is 0.494 e. The molecule has 4 N–H and O–H groups in total. The van der Waals surface area contributed by atoms with Crippen LogP contribution in [0, 0.1) is 12.8 Å². The summed E-state index contributed by atoms with van der Waals surface area (Å²) >= 11 is 0. The predicted molar refractivity (Wildman–Crippen MR) is 125 cm³/mol. The number of nitrogens with zero attached hydrogens (tertiary/aromatic N) is 1. The Labute approximate surface area is 204 Å². The topological polar surface area (TPSA) is 159 Å². The second-order valence-corrected chi connectivity index (χ2v) is 8.73. The summed E-state index contributed by atoms with van der Waals surface area (Å²) in [4.78, 5) is 66.0. The van der Waals surface area contributed by atoms with Crippen molar-refractivity contribution in [1.29, 1.82) is 0 Å². The molecule has 12 heteroatoms. The van der Waals surface area contributed by atoms with Crippen molar-refractivity contribution in [2.45, 2.75) is 59.2 Å². The summed E-state index contributed by atoms with van der Waals surface area (Å²) in [6.07, 6.45) is 1.06. The smallest absolute Gasteiger partial charge is 0.328 e. The van der Waals surface area contributed by atoms with Crippen molar-refractivity contribution >= 4 is 29.6 Å². The summed E-state index contributed by atoms with van der Waals surface area (Å²) in [6.45, 7) is 6.92. The molecule has 1 aromatic heterocycles. The highest BCUT2D eigenvalue weighted by Crippen LogP contribution is 2.30. The maximum absolute atomic E-state index is 13.3. The van der Waals surface area contributed by atoms with Gasteiger partial charge in [0.2, 0.25) is 17.7 Å². The van der Waals surface area contributed by atoms with E-state index >= 15 is 0 Å². The summed E-state index contributed by atoms with van der Waals surface area (Å²) < 4.78 is 10.1. The van der Waals surface area contributed by atoms with Gasteiger partial charge in [-0.2, -0.15) is 0 Å². The third kappa shape index (κ3) is 6.74. The van der Waals surface area contributed by atoms with Crippen LogP contribution in [-0.2, 0) is 30.5 Å². The average Bonchev–Trinajstić information content (AvgIpc) is 3.43. The molecule has 0 unspecified atom stereocenters. The van der Waals surface area contributed by atoms with Crippen LogP contribution in [-0.4, -0.2) is 78.9 Å². The molecule has 0 aliphatic carbocycles. The minimum Gasteiger partial charge on any atom is -0.494 e. The number of aromatic amines is 1. The molecule has 0 bridgehead atoms. The van der Waals surface area contributed by atoms with E-state index in [1.807, 2.05) is 0 Å². The van der Waals surface area contributed by atoms with E-state index in [1.54, 1.807) is 20.8 Å². The Hall–Kier alpha value is -3.57. The fraction of sp³-hybridized carbons (Fsp3) is 0.609. The van der Waals surface area contributed by atoms with Crippen molar-refractivity contribution < 1.29 is 33.4 Å². The van der Waals surface area contributed by atoms with Crippen LogP contribution in [0.1, 0.15) is 55.4 Å². The third-order valence-corrected chi connectivity index (χ3v) is 5.91. The highest BCUT2D eigenvalue weighted by molar-refractivity contribution is 5.99. The maximum atomic E-state index is 13.3. The number of ether oxygens (including phenoxy) is 2. The molecule has 1 aliphatic rings. The highest BCUT2D eigenvalue weighted by atomic mass is 16.5. The molecule has 2 atom stereocenters. The van der Waals surface area contributed by atoms with E-state index in [-0.39, 0.29) is 30.6 Å². The van der Waals surface area contributed by atoms with Crippen LogP contribution in [0.3, 0.4) is 0 Å². The molecule has 1 aliphatic heterocycles. The van der Waals surface area contributed by atoms with Crippen LogP contribution in [0.2, 0.25) is 0 Å². The zero-order valence-corrected chi connectivity index (χ0v) is 21.1. The highest BCUT2D eigenvalue weighted by Gasteiger charge is 2.37. The average molecular weight is 494 g/mol. The molecule has 0 radical (unpaired) electrons. The number of hydrogen-bond donors (Lipinski definition) is 4. The lowest BCUT2D eigenvalue weighted by Gasteiger charge is -2.24. The molecule has 35 heavy (non-hydrogen) atoms. The molecule has 1 saturated heterocycles. The van der Waals surface area contributed by atoms with Gasteiger partial charge in [-0.15, -0.1) is 0 Å². The number of amides is 4. The van der Waals surface area contributed by atoms with Gasteiger partial charge in [0.15, 0.2) is 5.75 Å². The number of nitrogens with one attached hydrogen (secondary N) is 4. The lowest BCUT2D eigenvalue weighted by atomic mass is 10.0. The summed E-state index contributed by atoms with van der Waals surface area (Å²) in [5.41, 5.74) is 1.51. The van der Waals surface area contributed by atoms with Gasteiger partial charge in [0.05, 0.1) is 27.3 Å². The number of aromatic nitrogens is 1. The predicted octanol–water partition coefficient (Wildman–Crippen LogP) is 0.00242. The lowest BCUT2D eigenvalue weighted by Crippen LogP contribution is -2.51. The van der Waals surface area contributed by atoms with Crippen molar-refractivity contribution in [3.63, 3.8) is 0 Å². The molecular weight excluding hydrogens is 458 g/mol. The fourth-order valence-electron chi connectivity index (χ4n) is 3.98. The minimum atomic E-state index is -0.829. The van der Waals surface area contributed by atoms with Crippen molar-refractivity contribution in [2.75, 3.05) is 27.3 Å². The Morgan fingerprint density at radius 3 is 2.40 bits per heavy atom. The Morgan fingerprint density at radius 2 is 1.83 bits per heavy atom. The molecule has 2 rings (SSSR count). The number of H-pyrrole nitrogens is 1. The number of methoxy groups -OCH3 is 2. The van der Waals surface area contributed by atoms with Crippen LogP contribution < -0.4 is 20.7 Å². The molecule has 0 saturated carbocycles. The SMILES string of the molecule is COC(=O)[C@@H](NC(=O)CNC(=O)[C@H]1CCCN1C(=O)c1[nH]c(CNC(C)=O)c(C)c1OC)C(C)C. The number of carbonyl (C=O) groups is 5. The first-order valence-electron chi connectivity index (χ1n) is 11.5. The van der Waals surface area contributed by atoms with Crippen molar-refractivity contribution in [2.24, 2.45) is 5.92 Å². The van der Waals surface area contributed by atoms with Crippen molar-refractivity contribution in [3.8, 4) is 5.75 Å². The van der Waals surface area contributed by atoms with E-state index in [4.69, 9.17) is 9.47 Å². The summed E-state index contributed by atoms with van der Waals surface area (Å²) in [6, 6.07) is -1.59. The number of rotatable bonds is 10. The van der Waals surface area contributed by atoms with Crippen LogP contribution >= 0.6 is 0 Å². The van der Waals surface area contributed by atoms with Crippen molar-refractivity contribution in [1.82, 2.24) is 25.8 Å². The summed E-state index contributed by atoms with van der Waals surface area (Å²) in [7, 11) is 2.68. The molecule has 12 nitrogen and oxygen atoms in total. The van der Waals surface area contributed by atoms with Crippen molar-refractivity contribution in [3.05, 3.63) is 17.0 Å². The molecule has 1 fully saturated rings. The van der Waals surface area contributed by atoms with Crippen LogP contribution in [0.5, 0.6) is 5.75 Å². The number of carbonyl (C=O) groups excluding carboxylic acids is 5. The normalized spacial score (nSPS) is 16.0. The second-order valence-electron chi connectivity index (χ2n) is 8.73. The van der Waals surface area contributed by atoms with Crippen LogP contribution in [0.4, 0.5) is 0 Å². The molecule has 1 aromatic rings. The zero-order valence-electron chi connectivity index (χ0n) is 21.1. The monoisotopic (exact) mass is 493 g/mol. The van der Waals surface area contributed by atoms with E-state index in [0.29, 0.717) is 36.4 Å². The Morgan fingerprint density at radius 1 is 1.14 bits per heavy atom. The van der Waals surface area contributed by atoms with Gasteiger partial charge in [-0.25, -0.2) is 4.79 Å². The van der Waals surface area contributed by atoms with E-state index in [1.165, 1.54) is 26.0 Å². The summed E-state index contributed by atoms with van der Waals surface area (Å²) in [5, 5.41) is 7.79. The summed E-state index contributed by atoms with van der Waals surface area (Å²) in [5.74, 6) is -2.04. The van der Waals surface area contributed by atoms with Gasteiger partial charge in [0, 0.05) is 24.7 Å². The Kier molecular flexibility index (Phi) is 9.67. The first-order chi connectivity index (χ1) is 16.5. The number of hydrogen-bond acceptors (Lipinski definition) is 7. The van der Waals surface area contributed by atoms with E-state index in [9.17, 15) is 24.0 Å². The molecule has 0 spiro atoms. The first-order valence-corrected chi connectivity index (χ1v) is 11.5. The van der Waals surface area contributed by atoms with Crippen LogP contribution in [0.25, 0.3) is 0 Å². The first kappa shape index (κ1) is 27.7. The minimum absolute atomic E-state index is 0.195. The molecule has 2 heterocycles. The zero-order chi connectivity index (χ0) is 26.3. The van der Waals surface area contributed by atoms with Gasteiger partial charge in [-0.05, 0) is 25.7 Å². The van der Waals surface area contributed by atoms with Gasteiger partial charge in [-0.3, -0.25) is 19.2 Å². The number of esters is 1. The fourth-order valence-corrected chi connectivity index (χ4v) is 3.98. The molecular formula is C23H35N5O7. The molecule has 194 valence electrons. The van der Waals surface area contributed by atoms with Gasteiger partial charge >= 0.3 is 5.97 Å². The number of likely N-dealkylation sites (tertiary alicyclic amines) is 1. The third-order valence-electron chi connectivity index (χ3n) is 5.91. The maximum Gasteiger partial charge on any atom is 0.328 e. The lowest BCUT2D eigenvalue weighted by molar-refractivity contribution is -0.146. The molecule has 0 aromatic carbocycles. The Bertz CT molecular complexity index is 972. The quantitative estimate of drug-likeness (QED) is 0.334. The van der Waals surface area contributed by atoms with E-state index < -0.39 is 35.8 Å². The van der Waals surface area contributed by atoms with Crippen LogP contribution in [0.15, 0.2) is 0 Å². The second kappa shape index (κ2) is 12.2. The molecule has 4 amide bonds. The van der Waals surface area contributed by atoms with Gasteiger partial charge < -0.3 is 35.3 Å². The standard InChI is InChI=1S/C23H35N5O7/c1-12(2)18(23(33)35-6)27-17(30)11-25-21(31)16-8-7-9-28(16)22(32)19-20(34-5)13(3)15(26-19)10-24-14(4)29/h12,16,18,26H,7-11H2,1-6H3,(H,24,29)(H,25,31)(H,27,30)/t16-,18+/m1/s1. The van der Waals surface area contributed by atoms with E-state index in [0.717, 1.165) is 0 Å². The van der Waals surface area contributed by atoms with Gasteiger partial charge in [0.25, 0.3) is 5.91 Å². The van der Waals surface area contributed by atoms with E-state index in [2.05, 4.69) is 20.9 Å². The Balaban J connectivity index is 2.07. The van der Waals surface area contributed by atoms with Gasteiger partial charge in [0.1, 0.15) is 17.8 Å². The van der Waals surface area contributed by atoms with Gasteiger partial charge in [-0.1, -0.05) is 13.8 Å².